The molecule has 0 fully saturated rings. The van der Waals surface area contributed by atoms with Gasteiger partial charge in [-0.1, -0.05) is 12.1 Å². The molecule has 1 aromatic carbocycles. The van der Waals surface area contributed by atoms with E-state index in [1.165, 1.54) is 12.4 Å². The van der Waals surface area contributed by atoms with Crippen LogP contribution in [-0.4, -0.2) is 9.97 Å². The van der Waals surface area contributed by atoms with Crippen molar-refractivity contribution in [2.45, 2.75) is 20.4 Å². The van der Waals surface area contributed by atoms with Gasteiger partial charge in [0.25, 0.3) is 0 Å². The Bertz CT molecular complexity index is 606. The number of halogens is 1. The van der Waals surface area contributed by atoms with Crippen LogP contribution in [0.5, 0.6) is 0 Å². The fourth-order valence-corrected chi connectivity index (χ4v) is 1.81. The van der Waals surface area contributed by atoms with Gasteiger partial charge in [0.15, 0.2) is 5.69 Å². The van der Waals surface area contributed by atoms with Crippen molar-refractivity contribution in [1.29, 1.82) is 5.26 Å². The number of benzene rings is 1. The second kappa shape index (κ2) is 5.44. The lowest BCUT2D eigenvalue weighted by molar-refractivity contribution is 0.608. The first-order chi connectivity index (χ1) is 9.10. The number of hydrogen-bond acceptors (Lipinski definition) is 4. The summed E-state index contributed by atoms with van der Waals surface area (Å²) in [6.07, 6.45) is 2.91. The molecule has 1 aromatic heterocycles. The standard InChI is InChI=1S/C14H13FN4/c1-9-3-11(4-10(2)14(9)15)6-18-13-8-17-12(5-16)7-19-13/h3-4,7-8H,6H2,1-2H3,(H,18,19). The molecule has 0 saturated heterocycles. The van der Waals surface area contributed by atoms with Crippen molar-refractivity contribution in [3.8, 4) is 6.07 Å². The van der Waals surface area contributed by atoms with Crippen LogP contribution < -0.4 is 5.32 Å². The molecule has 19 heavy (non-hydrogen) atoms. The maximum Gasteiger partial charge on any atom is 0.158 e. The van der Waals surface area contributed by atoms with Crippen LogP contribution in [0.15, 0.2) is 24.5 Å². The first kappa shape index (κ1) is 13.0. The van der Waals surface area contributed by atoms with E-state index in [0.29, 0.717) is 23.5 Å². The topological polar surface area (TPSA) is 61.6 Å². The molecule has 0 amide bonds. The number of aryl methyl sites for hydroxylation is 2. The van der Waals surface area contributed by atoms with Crippen LogP contribution in [0, 0.1) is 31.0 Å². The third-order valence-corrected chi connectivity index (χ3v) is 2.74. The van der Waals surface area contributed by atoms with E-state index in [2.05, 4.69) is 15.3 Å². The lowest BCUT2D eigenvalue weighted by Gasteiger charge is -2.08. The van der Waals surface area contributed by atoms with Crippen molar-refractivity contribution in [3.05, 3.63) is 52.7 Å². The van der Waals surface area contributed by atoms with Gasteiger partial charge in [-0.15, -0.1) is 0 Å². The zero-order valence-electron chi connectivity index (χ0n) is 10.7. The molecule has 0 aliphatic heterocycles. The van der Waals surface area contributed by atoms with E-state index in [-0.39, 0.29) is 11.5 Å². The largest absolute Gasteiger partial charge is 0.365 e. The molecular formula is C14H13FN4. The first-order valence-corrected chi connectivity index (χ1v) is 5.82. The molecule has 96 valence electrons. The molecule has 0 radical (unpaired) electrons. The smallest absolute Gasteiger partial charge is 0.158 e. The van der Waals surface area contributed by atoms with Gasteiger partial charge in [0, 0.05) is 6.54 Å². The van der Waals surface area contributed by atoms with Gasteiger partial charge in [-0.05, 0) is 30.5 Å². The highest BCUT2D eigenvalue weighted by Gasteiger charge is 2.04. The van der Waals surface area contributed by atoms with Gasteiger partial charge in [-0.3, -0.25) is 0 Å². The summed E-state index contributed by atoms with van der Waals surface area (Å²) in [6.45, 7) is 4.02. The number of nitrogens with one attached hydrogen (secondary N) is 1. The minimum absolute atomic E-state index is 0.165. The van der Waals surface area contributed by atoms with Gasteiger partial charge in [0.05, 0.1) is 12.4 Å². The fraction of sp³-hybridized carbons (Fsp3) is 0.214. The van der Waals surface area contributed by atoms with Crippen LogP contribution in [0.1, 0.15) is 22.4 Å². The fourth-order valence-electron chi connectivity index (χ4n) is 1.81. The van der Waals surface area contributed by atoms with Crippen molar-refractivity contribution < 1.29 is 4.39 Å². The Morgan fingerprint density at radius 3 is 2.42 bits per heavy atom. The maximum absolute atomic E-state index is 13.5. The Balaban J connectivity index is 2.08. The SMILES string of the molecule is Cc1cc(CNc2cnc(C#N)cn2)cc(C)c1F. The van der Waals surface area contributed by atoms with Gasteiger partial charge in [0.2, 0.25) is 0 Å². The summed E-state index contributed by atoms with van der Waals surface area (Å²) in [5, 5.41) is 11.7. The highest BCUT2D eigenvalue weighted by atomic mass is 19.1. The minimum atomic E-state index is -0.165. The van der Waals surface area contributed by atoms with Gasteiger partial charge >= 0.3 is 0 Å². The molecule has 0 aliphatic carbocycles. The molecule has 0 atom stereocenters. The Morgan fingerprint density at radius 1 is 1.21 bits per heavy atom. The molecule has 2 aromatic rings. The lowest BCUT2D eigenvalue weighted by Crippen LogP contribution is -2.03. The van der Waals surface area contributed by atoms with Gasteiger partial charge in [0.1, 0.15) is 17.7 Å². The van der Waals surface area contributed by atoms with Gasteiger partial charge < -0.3 is 5.32 Å². The van der Waals surface area contributed by atoms with Crippen molar-refractivity contribution in [2.75, 3.05) is 5.32 Å². The molecule has 1 N–H and O–H groups in total. The first-order valence-electron chi connectivity index (χ1n) is 5.82. The molecule has 4 nitrogen and oxygen atoms in total. The van der Waals surface area contributed by atoms with Gasteiger partial charge in [-0.2, -0.15) is 5.26 Å². The maximum atomic E-state index is 13.5. The van der Waals surface area contributed by atoms with Crippen LogP contribution in [0.25, 0.3) is 0 Å². The average molecular weight is 256 g/mol. The molecule has 0 aliphatic rings. The molecular weight excluding hydrogens is 243 g/mol. The summed E-state index contributed by atoms with van der Waals surface area (Å²) in [5.74, 6) is 0.417. The highest BCUT2D eigenvalue weighted by molar-refractivity contribution is 5.37. The summed E-state index contributed by atoms with van der Waals surface area (Å²) >= 11 is 0. The quantitative estimate of drug-likeness (QED) is 0.917. The Morgan fingerprint density at radius 2 is 1.89 bits per heavy atom. The van der Waals surface area contributed by atoms with Crippen molar-refractivity contribution in [3.63, 3.8) is 0 Å². The zero-order chi connectivity index (χ0) is 13.8. The Kier molecular flexibility index (Phi) is 3.71. The van der Waals surface area contributed by atoms with E-state index in [1.807, 2.05) is 6.07 Å². The molecule has 0 saturated carbocycles. The summed E-state index contributed by atoms with van der Waals surface area (Å²) < 4.78 is 13.5. The third kappa shape index (κ3) is 3.05. The lowest BCUT2D eigenvalue weighted by atomic mass is 10.1. The Hall–Kier alpha value is -2.48. The monoisotopic (exact) mass is 256 g/mol. The molecule has 2 rings (SSSR count). The highest BCUT2D eigenvalue weighted by Crippen LogP contribution is 2.15. The molecule has 5 heteroatoms. The van der Waals surface area contributed by atoms with E-state index < -0.39 is 0 Å². The van der Waals surface area contributed by atoms with Gasteiger partial charge in [-0.25, -0.2) is 14.4 Å². The van der Waals surface area contributed by atoms with E-state index in [0.717, 1.165) is 5.56 Å². The van der Waals surface area contributed by atoms with Crippen LogP contribution in [0.2, 0.25) is 0 Å². The molecule has 1 heterocycles. The van der Waals surface area contributed by atoms with Crippen LogP contribution in [0.4, 0.5) is 10.2 Å². The molecule has 0 unspecified atom stereocenters. The van der Waals surface area contributed by atoms with Crippen LogP contribution in [0.3, 0.4) is 0 Å². The van der Waals surface area contributed by atoms with Crippen molar-refractivity contribution in [2.24, 2.45) is 0 Å². The molecule has 0 spiro atoms. The molecule has 0 bridgehead atoms. The third-order valence-electron chi connectivity index (χ3n) is 2.74. The zero-order valence-corrected chi connectivity index (χ0v) is 10.7. The predicted octanol–water partition coefficient (Wildman–Crippen LogP) is 2.72. The summed E-state index contributed by atoms with van der Waals surface area (Å²) in [6, 6.07) is 5.50. The van der Waals surface area contributed by atoms with Crippen molar-refractivity contribution in [1.82, 2.24) is 9.97 Å². The number of hydrogen-bond donors (Lipinski definition) is 1. The second-order valence-corrected chi connectivity index (χ2v) is 4.30. The second-order valence-electron chi connectivity index (χ2n) is 4.30. The average Bonchev–Trinajstić information content (AvgIpc) is 2.43. The number of rotatable bonds is 3. The van der Waals surface area contributed by atoms with E-state index in [1.54, 1.807) is 26.0 Å². The number of nitrogens with zero attached hydrogens (tertiary/aromatic N) is 3. The van der Waals surface area contributed by atoms with E-state index >= 15 is 0 Å². The summed E-state index contributed by atoms with van der Waals surface area (Å²) in [5.41, 5.74) is 2.51. The summed E-state index contributed by atoms with van der Waals surface area (Å²) in [7, 11) is 0. The van der Waals surface area contributed by atoms with Crippen LogP contribution in [-0.2, 0) is 6.54 Å². The van der Waals surface area contributed by atoms with E-state index in [9.17, 15) is 4.39 Å². The number of aromatic nitrogens is 2. The number of anilines is 1. The van der Waals surface area contributed by atoms with E-state index in [4.69, 9.17) is 5.26 Å². The Labute approximate surface area is 110 Å². The number of nitriles is 1. The van der Waals surface area contributed by atoms with Crippen molar-refractivity contribution >= 4 is 5.82 Å². The normalized spacial score (nSPS) is 10.0. The minimum Gasteiger partial charge on any atom is -0.365 e. The summed E-state index contributed by atoms with van der Waals surface area (Å²) in [4.78, 5) is 7.97. The predicted molar refractivity (Wildman–Crippen MR) is 69.9 cm³/mol. The van der Waals surface area contributed by atoms with Crippen LogP contribution >= 0.6 is 0 Å².